The molecule has 1 aromatic heterocycles. The molecule has 1 fully saturated rings. The number of methoxy groups -OCH3 is 1. The lowest BCUT2D eigenvalue weighted by Crippen LogP contribution is -2.26. The molecule has 13 heteroatoms. The lowest BCUT2D eigenvalue weighted by molar-refractivity contribution is -0.141. The predicted molar refractivity (Wildman–Crippen MR) is 127 cm³/mol. The van der Waals surface area contributed by atoms with Crippen LogP contribution in [0, 0.1) is 0 Å². The lowest BCUT2D eigenvalue weighted by Gasteiger charge is -2.17. The predicted octanol–water partition coefficient (Wildman–Crippen LogP) is 6.13. The van der Waals surface area contributed by atoms with Crippen molar-refractivity contribution in [2.45, 2.75) is 47.7 Å². The lowest BCUT2D eigenvalue weighted by atomic mass is 10.2. The molecule has 4 rings (SSSR count). The Morgan fingerprint density at radius 2 is 1.78 bits per heavy atom. The zero-order valence-corrected chi connectivity index (χ0v) is 21.3. The number of rotatable bonds is 7. The number of benzene rings is 2. The first-order valence-electron chi connectivity index (χ1n) is 10.7. The van der Waals surface area contributed by atoms with Gasteiger partial charge in [0.1, 0.15) is 11.8 Å². The molecule has 0 aliphatic heterocycles. The van der Waals surface area contributed by atoms with Gasteiger partial charge in [-0.3, -0.25) is 9.48 Å². The largest absolute Gasteiger partial charge is 0.497 e. The van der Waals surface area contributed by atoms with E-state index in [0.29, 0.717) is 17.9 Å². The third kappa shape index (κ3) is 5.18. The van der Waals surface area contributed by atoms with Gasteiger partial charge in [0.25, 0.3) is 0 Å². The molecule has 36 heavy (non-hydrogen) atoms. The number of nitrogens with one attached hydrogen (secondary N) is 1. The molecule has 1 N–H and O–H groups in total. The Bertz CT molecular complexity index is 1420. The number of hydrogen-bond donors (Lipinski definition) is 1. The average molecular weight is 562 g/mol. The van der Waals surface area contributed by atoms with E-state index in [1.54, 1.807) is 0 Å². The monoisotopic (exact) mass is 561 g/mol. The first-order chi connectivity index (χ1) is 16.8. The first-order valence-corrected chi connectivity index (χ1v) is 12.9. The van der Waals surface area contributed by atoms with Crippen LogP contribution in [0.4, 0.5) is 18.9 Å². The van der Waals surface area contributed by atoms with E-state index in [0.717, 1.165) is 4.68 Å². The summed E-state index contributed by atoms with van der Waals surface area (Å²) in [5.41, 5.74) is -1.02. The molecule has 0 bridgehead atoms. The van der Waals surface area contributed by atoms with Crippen LogP contribution in [0.5, 0.6) is 5.75 Å². The van der Waals surface area contributed by atoms with E-state index < -0.39 is 38.7 Å². The van der Waals surface area contributed by atoms with Crippen molar-refractivity contribution >= 4 is 44.6 Å². The number of amides is 1. The molecule has 1 aliphatic carbocycles. The number of nitrogens with zero attached hydrogens (tertiary/aromatic N) is 2. The standard InChI is InChI=1S/C23H20Cl2F3N3O4S/c1-12(31-20(13-3-4-13)19(25)21(30-31)23(26,27)28)22(32)29-15-9-16(35-2)11-18(10-15)36(33,34)17-7-5-14(24)6-8-17/h5-13H,3-4H2,1-2H3,(H,29,32). The fraction of sp³-hybridized carbons (Fsp3) is 0.304. The molecular weight excluding hydrogens is 542 g/mol. The highest BCUT2D eigenvalue weighted by molar-refractivity contribution is 7.91. The van der Waals surface area contributed by atoms with Gasteiger partial charge in [-0.2, -0.15) is 18.3 Å². The highest BCUT2D eigenvalue weighted by atomic mass is 35.5. The van der Waals surface area contributed by atoms with Crippen LogP contribution in [0.3, 0.4) is 0 Å². The van der Waals surface area contributed by atoms with E-state index in [-0.39, 0.29) is 32.8 Å². The van der Waals surface area contributed by atoms with Crippen LogP contribution >= 0.6 is 23.2 Å². The number of alkyl halides is 3. The molecule has 1 atom stereocenters. The second-order valence-corrected chi connectivity index (χ2v) is 11.0. The van der Waals surface area contributed by atoms with E-state index in [2.05, 4.69) is 10.4 Å². The van der Waals surface area contributed by atoms with Crippen LogP contribution < -0.4 is 10.1 Å². The van der Waals surface area contributed by atoms with Gasteiger partial charge in [0, 0.05) is 22.7 Å². The number of aromatic nitrogens is 2. The highest BCUT2D eigenvalue weighted by Gasteiger charge is 2.43. The maximum atomic E-state index is 13.4. The Morgan fingerprint density at radius 1 is 1.14 bits per heavy atom. The summed E-state index contributed by atoms with van der Waals surface area (Å²) in [6, 6.07) is 8.30. The molecule has 2 aromatic carbocycles. The van der Waals surface area contributed by atoms with Crippen LogP contribution in [0.1, 0.15) is 43.1 Å². The fourth-order valence-electron chi connectivity index (χ4n) is 3.65. The van der Waals surface area contributed by atoms with E-state index in [1.807, 2.05) is 0 Å². The van der Waals surface area contributed by atoms with Gasteiger partial charge in [0.2, 0.25) is 15.7 Å². The molecule has 0 spiro atoms. The molecule has 1 aliphatic rings. The Kier molecular flexibility index (Phi) is 7.02. The van der Waals surface area contributed by atoms with Gasteiger partial charge in [-0.25, -0.2) is 8.42 Å². The van der Waals surface area contributed by atoms with Crippen molar-refractivity contribution < 1.29 is 31.1 Å². The van der Waals surface area contributed by atoms with Crippen molar-refractivity contribution in [3.63, 3.8) is 0 Å². The normalized spacial score (nSPS) is 15.0. The van der Waals surface area contributed by atoms with Crippen LogP contribution in [0.25, 0.3) is 0 Å². The van der Waals surface area contributed by atoms with Crippen molar-refractivity contribution in [2.24, 2.45) is 0 Å². The second-order valence-electron chi connectivity index (χ2n) is 8.28. The number of carbonyl (C=O) groups excluding carboxylic acids is 1. The minimum absolute atomic E-state index is 0.0225. The number of sulfone groups is 1. The highest BCUT2D eigenvalue weighted by Crippen LogP contribution is 2.47. The number of ether oxygens (including phenoxy) is 1. The minimum Gasteiger partial charge on any atom is -0.497 e. The molecule has 1 saturated carbocycles. The summed E-state index contributed by atoms with van der Waals surface area (Å²) in [7, 11) is -2.67. The summed E-state index contributed by atoms with van der Waals surface area (Å²) < 4.78 is 72.6. The van der Waals surface area contributed by atoms with Crippen LogP contribution in [0.2, 0.25) is 10.0 Å². The molecule has 1 heterocycles. The van der Waals surface area contributed by atoms with Gasteiger partial charge in [-0.15, -0.1) is 0 Å². The summed E-state index contributed by atoms with van der Waals surface area (Å²) in [5.74, 6) is -0.787. The molecule has 7 nitrogen and oxygen atoms in total. The molecule has 192 valence electrons. The van der Waals surface area contributed by atoms with Crippen molar-refractivity contribution in [3.8, 4) is 5.75 Å². The quantitative estimate of drug-likeness (QED) is 0.375. The van der Waals surface area contributed by atoms with Crippen LogP contribution in [-0.2, 0) is 20.8 Å². The van der Waals surface area contributed by atoms with Crippen LogP contribution in [-0.4, -0.2) is 31.2 Å². The van der Waals surface area contributed by atoms with E-state index in [1.165, 1.54) is 56.5 Å². The van der Waals surface area contributed by atoms with Crippen LogP contribution in [0.15, 0.2) is 52.3 Å². The fourth-order valence-corrected chi connectivity index (χ4v) is 5.48. The second kappa shape index (κ2) is 9.60. The van der Waals surface area contributed by atoms with Gasteiger partial charge in [0.05, 0.1) is 27.6 Å². The Balaban J connectivity index is 1.66. The number of anilines is 1. The zero-order valence-electron chi connectivity index (χ0n) is 18.9. The smallest absolute Gasteiger partial charge is 0.436 e. The summed E-state index contributed by atoms with van der Waals surface area (Å²) in [6.07, 6.45) is -3.50. The topological polar surface area (TPSA) is 90.3 Å². The van der Waals surface area contributed by atoms with Gasteiger partial charge < -0.3 is 10.1 Å². The van der Waals surface area contributed by atoms with Crippen molar-refractivity contribution in [3.05, 3.63) is 63.9 Å². The summed E-state index contributed by atoms with van der Waals surface area (Å²) in [6.45, 7) is 1.39. The van der Waals surface area contributed by atoms with Crippen molar-refractivity contribution in [1.29, 1.82) is 0 Å². The Hall–Kier alpha value is -2.76. The van der Waals surface area contributed by atoms with Gasteiger partial charge in [-0.05, 0) is 56.2 Å². The third-order valence-corrected chi connectivity index (χ3v) is 8.06. The maximum Gasteiger partial charge on any atom is 0.436 e. The molecular formula is C23H20Cl2F3N3O4S. The molecule has 0 saturated heterocycles. The van der Waals surface area contributed by atoms with Crippen molar-refractivity contribution in [2.75, 3.05) is 12.4 Å². The Labute approximate surface area is 215 Å². The van der Waals surface area contributed by atoms with Gasteiger partial charge in [0.15, 0.2) is 5.69 Å². The molecule has 1 amide bonds. The average Bonchev–Trinajstić information content (AvgIpc) is 3.59. The maximum absolute atomic E-state index is 13.4. The number of halogens is 5. The summed E-state index contributed by atoms with van der Waals surface area (Å²) in [4.78, 5) is 12.9. The SMILES string of the molecule is COc1cc(NC(=O)C(C)n2nc(C(F)(F)F)c(Cl)c2C2CC2)cc(S(=O)(=O)c2ccc(Cl)cc2)c1. The van der Waals surface area contributed by atoms with E-state index in [4.69, 9.17) is 27.9 Å². The number of hydrogen-bond acceptors (Lipinski definition) is 5. The van der Waals surface area contributed by atoms with Gasteiger partial charge >= 0.3 is 6.18 Å². The number of carbonyl (C=O) groups is 1. The van der Waals surface area contributed by atoms with E-state index in [9.17, 15) is 26.4 Å². The third-order valence-electron chi connectivity index (χ3n) is 5.68. The minimum atomic E-state index is -4.78. The van der Waals surface area contributed by atoms with Crippen molar-refractivity contribution in [1.82, 2.24) is 9.78 Å². The van der Waals surface area contributed by atoms with Gasteiger partial charge in [-0.1, -0.05) is 23.2 Å². The molecule has 1 unspecified atom stereocenters. The molecule has 0 radical (unpaired) electrons. The molecule has 3 aromatic rings. The Morgan fingerprint density at radius 3 is 2.33 bits per heavy atom. The summed E-state index contributed by atoms with van der Waals surface area (Å²) >= 11 is 11.9. The summed E-state index contributed by atoms with van der Waals surface area (Å²) in [5, 5.41) is 6.01. The zero-order chi connectivity index (χ0) is 26.4. The first kappa shape index (κ1) is 26.3. The van der Waals surface area contributed by atoms with E-state index >= 15 is 0 Å².